The predicted molar refractivity (Wildman–Crippen MR) is 118 cm³/mol. The van der Waals surface area contributed by atoms with Crippen molar-refractivity contribution >= 4 is 46.6 Å². The summed E-state index contributed by atoms with van der Waals surface area (Å²) in [5, 5.41) is 8.30. The van der Waals surface area contributed by atoms with Gasteiger partial charge in [0.05, 0.1) is 16.7 Å². The molecule has 134 valence electrons. The van der Waals surface area contributed by atoms with Crippen LogP contribution in [0.1, 0.15) is 37.5 Å². The van der Waals surface area contributed by atoms with Gasteiger partial charge in [0.15, 0.2) is 0 Å². The molecule has 2 aromatic carbocycles. The monoisotopic (exact) mass is 373 g/mol. The number of nitrogens with one attached hydrogen (secondary N) is 1. The number of aromatic nitrogens is 2. The summed E-state index contributed by atoms with van der Waals surface area (Å²) in [6.45, 7) is 12.1. The lowest BCUT2D eigenvalue weighted by Gasteiger charge is -2.08. The molecule has 0 saturated carbocycles. The molecule has 5 heteroatoms. The quantitative estimate of drug-likeness (QED) is 0.397. The molecule has 0 radical (unpaired) electrons. The van der Waals surface area contributed by atoms with Crippen molar-refractivity contribution in [2.75, 3.05) is 5.32 Å². The summed E-state index contributed by atoms with van der Waals surface area (Å²) in [6, 6.07) is 12.5. The Morgan fingerprint density at radius 2 is 1.64 bits per heavy atom. The number of anilines is 1. The lowest BCUT2D eigenvalue weighted by Crippen LogP contribution is -2.04. The number of fused-ring (bicyclic) bond motifs is 1. The molecule has 1 heterocycles. The summed E-state index contributed by atoms with van der Waals surface area (Å²) in [6.07, 6.45) is 1.81. The molecule has 0 atom stereocenters. The van der Waals surface area contributed by atoms with Crippen molar-refractivity contribution in [1.29, 1.82) is 0 Å². The SMILES string of the molecule is CC.CC(=S)Nc1cc(C)ccc1C.Cc1ccc2c(cnn2S)c1. The van der Waals surface area contributed by atoms with Crippen molar-refractivity contribution in [2.45, 2.75) is 41.5 Å². The molecule has 1 aromatic heterocycles. The summed E-state index contributed by atoms with van der Waals surface area (Å²) < 4.78 is 1.58. The minimum absolute atomic E-state index is 0.809. The molecule has 0 bridgehead atoms. The van der Waals surface area contributed by atoms with Crippen molar-refractivity contribution < 1.29 is 0 Å². The fourth-order valence-electron chi connectivity index (χ4n) is 2.20. The summed E-state index contributed by atoms with van der Waals surface area (Å²) in [7, 11) is 0. The molecule has 25 heavy (non-hydrogen) atoms. The summed E-state index contributed by atoms with van der Waals surface area (Å²) in [5.41, 5.74) is 5.89. The standard InChI is InChI=1S/C10H13NS.C8H8N2S.C2H6/c1-7-4-5-8(2)10(6-7)11-9(3)12;1-6-2-3-8-7(4-6)5-9-10(8)11;1-2/h4-6H,1-3H3,(H,11,12);2-5,11H,1H3;1-2H3. The van der Waals surface area contributed by atoms with Crippen LogP contribution in [0.3, 0.4) is 0 Å². The van der Waals surface area contributed by atoms with E-state index in [1.54, 1.807) is 4.09 Å². The molecular formula is C20H27N3S2. The molecule has 0 aliphatic rings. The normalized spacial score (nSPS) is 9.56. The van der Waals surface area contributed by atoms with Gasteiger partial charge < -0.3 is 5.32 Å². The molecule has 0 fully saturated rings. The Morgan fingerprint density at radius 3 is 2.28 bits per heavy atom. The molecule has 0 unspecified atom stereocenters. The van der Waals surface area contributed by atoms with E-state index < -0.39 is 0 Å². The predicted octanol–water partition coefficient (Wildman–Crippen LogP) is 6.13. The van der Waals surface area contributed by atoms with Gasteiger partial charge in [0.1, 0.15) is 0 Å². The maximum Gasteiger partial charge on any atom is 0.0808 e. The van der Waals surface area contributed by atoms with Crippen molar-refractivity contribution in [3.63, 3.8) is 0 Å². The van der Waals surface area contributed by atoms with Crippen LogP contribution < -0.4 is 5.32 Å². The highest BCUT2D eigenvalue weighted by Crippen LogP contribution is 2.16. The van der Waals surface area contributed by atoms with Crippen molar-refractivity contribution in [3.8, 4) is 0 Å². The number of thiocarbonyl (C=S) groups is 1. The average Bonchev–Trinajstić information content (AvgIpc) is 2.93. The molecule has 0 saturated heterocycles. The first-order valence-electron chi connectivity index (χ1n) is 8.35. The maximum absolute atomic E-state index is 4.97. The second-order valence-electron chi connectivity index (χ2n) is 5.60. The second-order valence-corrected chi connectivity index (χ2v) is 6.59. The zero-order valence-electron chi connectivity index (χ0n) is 15.8. The van der Waals surface area contributed by atoms with Gasteiger partial charge in [0, 0.05) is 11.1 Å². The van der Waals surface area contributed by atoms with Crippen LogP contribution in [0.25, 0.3) is 10.9 Å². The second kappa shape index (κ2) is 10.2. The van der Waals surface area contributed by atoms with Crippen LogP contribution in [0, 0.1) is 20.8 Å². The summed E-state index contributed by atoms with van der Waals surface area (Å²) in [4.78, 5) is 0.809. The van der Waals surface area contributed by atoms with Gasteiger partial charge in [-0.3, -0.25) is 0 Å². The highest BCUT2D eigenvalue weighted by molar-refractivity contribution is 7.80. The van der Waals surface area contributed by atoms with Gasteiger partial charge in [-0.15, -0.1) is 0 Å². The number of rotatable bonds is 1. The molecule has 0 aliphatic carbocycles. The molecule has 0 aliphatic heterocycles. The van der Waals surface area contributed by atoms with E-state index in [9.17, 15) is 0 Å². The molecule has 3 nitrogen and oxygen atoms in total. The molecular weight excluding hydrogens is 346 g/mol. The molecule has 0 amide bonds. The van der Waals surface area contributed by atoms with Gasteiger partial charge in [0.2, 0.25) is 0 Å². The number of benzene rings is 2. The third-order valence-electron chi connectivity index (χ3n) is 3.41. The minimum Gasteiger partial charge on any atom is -0.350 e. The van der Waals surface area contributed by atoms with Gasteiger partial charge in [-0.25, -0.2) is 4.09 Å². The number of hydrogen-bond acceptors (Lipinski definition) is 3. The molecule has 3 rings (SSSR count). The van der Waals surface area contributed by atoms with E-state index in [0.717, 1.165) is 21.6 Å². The lowest BCUT2D eigenvalue weighted by molar-refractivity contribution is 1.05. The fraction of sp³-hybridized carbons (Fsp3) is 0.300. The Morgan fingerprint density at radius 1 is 1.04 bits per heavy atom. The van der Waals surface area contributed by atoms with E-state index in [0.29, 0.717) is 0 Å². The number of nitrogens with zero attached hydrogens (tertiary/aromatic N) is 2. The Kier molecular flexibility index (Phi) is 8.66. The Labute approximate surface area is 162 Å². The molecule has 1 N–H and O–H groups in total. The highest BCUT2D eigenvalue weighted by Gasteiger charge is 1.98. The van der Waals surface area contributed by atoms with E-state index in [1.165, 1.54) is 16.7 Å². The van der Waals surface area contributed by atoms with Crippen LogP contribution in [-0.4, -0.2) is 14.2 Å². The zero-order valence-corrected chi connectivity index (χ0v) is 17.5. The average molecular weight is 374 g/mol. The largest absolute Gasteiger partial charge is 0.350 e. The van der Waals surface area contributed by atoms with E-state index in [4.69, 9.17) is 12.2 Å². The van der Waals surface area contributed by atoms with Crippen molar-refractivity contribution in [3.05, 3.63) is 59.3 Å². The third kappa shape index (κ3) is 6.52. The Bertz CT molecular complexity index is 838. The highest BCUT2D eigenvalue weighted by atomic mass is 32.1. The van der Waals surface area contributed by atoms with E-state index in [-0.39, 0.29) is 0 Å². The van der Waals surface area contributed by atoms with Crippen molar-refractivity contribution in [1.82, 2.24) is 9.19 Å². The Hall–Kier alpha value is -1.85. The summed E-state index contributed by atoms with van der Waals surface area (Å²) >= 11 is 9.11. The van der Waals surface area contributed by atoms with Crippen LogP contribution in [-0.2, 0) is 0 Å². The van der Waals surface area contributed by atoms with Crippen LogP contribution in [0.2, 0.25) is 0 Å². The van der Waals surface area contributed by atoms with E-state index >= 15 is 0 Å². The first kappa shape index (κ1) is 21.2. The third-order valence-corrected chi connectivity index (χ3v) is 3.83. The molecule has 0 spiro atoms. The fourth-order valence-corrected chi connectivity index (χ4v) is 2.54. The van der Waals surface area contributed by atoms with Crippen LogP contribution in [0.4, 0.5) is 5.69 Å². The Balaban J connectivity index is 0.000000228. The van der Waals surface area contributed by atoms with Crippen LogP contribution >= 0.6 is 25.0 Å². The maximum atomic E-state index is 4.97. The first-order chi connectivity index (χ1) is 11.9. The summed E-state index contributed by atoms with van der Waals surface area (Å²) in [5.74, 6) is 0. The van der Waals surface area contributed by atoms with Crippen molar-refractivity contribution in [2.24, 2.45) is 0 Å². The topological polar surface area (TPSA) is 29.9 Å². The molecule has 3 aromatic rings. The van der Waals surface area contributed by atoms with E-state index in [2.05, 4.69) is 74.3 Å². The van der Waals surface area contributed by atoms with Gasteiger partial charge >= 0.3 is 0 Å². The first-order valence-corrected chi connectivity index (χ1v) is 9.16. The number of thiol groups is 1. The van der Waals surface area contributed by atoms with Gasteiger partial charge in [-0.05, 0) is 69.8 Å². The van der Waals surface area contributed by atoms with Crippen LogP contribution in [0.5, 0.6) is 0 Å². The van der Waals surface area contributed by atoms with E-state index in [1.807, 2.05) is 33.0 Å². The number of aryl methyl sites for hydroxylation is 3. The zero-order chi connectivity index (χ0) is 19.0. The number of hydrogen-bond donors (Lipinski definition) is 2. The van der Waals surface area contributed by atoms with Gasteiger partial charge in [0.25, 0.3) is 0 Å². The smallest absolute Gasteiger partial charge is 0.0808 e. The van der Waals surface area contributed by atoms with Crippen LogP contribution in [0.15, 0.2) is 42.6 Å². The van der Waals surface area contributed by atoms with Gasteiger partial charge in [-0.1, -0.05) is 49.8 Å². The minimum atomic E-state index is 0.809. The lowest BCUT2D eigenvalue weighted by atomic mass is 10.1. The van der Waals surface area contributed by atoms with Gasteiger partial charge in [-0.2, -0.15) is 5.10 Å².